The minimum absolute atomic E-state index is 0.356. The second kappa shape index (κ2) is 17.8. The number of nitrogens with two attached hydrogens (primary N) is 4. The molecule has 0 saturated carbocycles. The molecule has 0 unspecified atom stereocenters. The predicted molar refractivity (Wildman–Crippen MR) is 176 cm³/mol. The fourth-order valence-corrected chi connectivity index (χ4v) is 5.59. The molecule has 10 nitrogen and oxygen atoms in total. The maximum Gasteiger partial charge on any atom is 0.126 e. The van der Waals surface area contributed by atoms with E-state index in [9.17, 15) is 25.9 Å². The van der Waals surface area contributed by atoms with Crippen molar-refractivity contribution in [3.8, 4) is 0 Å². The van der Waals surface area contributed by atoms with Crippen molar-refractivity contribution in [2.24, 2.45) is 0 Å². The molecule has 0 atom stereocenters. The molecule has 0 fully saturated rings. The summed E-state index contributed by atoms with van der Waals surface area (Å²) in [6.45, 7) is 4.21. The highest BCUT2D eigenvalue weighted by Crippen LogP contribution is 2.27. The van der Waals surface area contributed by atoms with Crippen molar-refractivity contribution >= 4 is 31.6 Å². The SMILES string of the molecule is Nc1cc(N)c(S(=O)(=O)[O-])cc1S(=O)(=O)[O-].c1ccc(C[NH2+]Cc2ccccc2)cc1.c1ccc(C[NH2+]Cc2ccccc2)cc1. The molecular formula is C34H38N4O6S2. The molecule has 8 N–H and O–H groups in total. The first-order chi connectivity index (χ1) is 21.9. The first-order valence-electron chi connectivity index (χ1n) is 14.3. The third kappa shape index (κ3) is 12.8. The van der Waals surface area contributed by atoms with Gasteiger partial charge in [0.2, 0.25) is 0 Å². The minimum Gasteiger partial charge on any atom is -0.744 e. The molecule has 0 spiro atoms. The van der Waals surface area contributed by atoms with Gasteiger partial charge >= 0.3 is 0 Å². The van der Waals surface area contributed by atoms with Crippen LogP contribution >= 0.6 is 0 Å². The van der Waals surface area contributed by atoms with Crippen LogP contribution in [0, 0.1) is 0 Å². The first kappa shape index (κ1) is 35.9. The Morgan fingerprint density at radius 1 is 0.435 bits per heavy atom. The number of anilines is 2. The van der Waals surface area contributed by atoms with E-state index >= 15 is 0 Å². The van der Waals surface area contributed by atoms with E-state index in [1.807, 2.05) is 0 Å². The summed E-state index contributed by atoms with van der Waals surface area (Å²) in [4.78, 5) is -1.98. The maximum absolute atomic E-state index is 10.7. The second-order valence-corrected chi connectivity index (χ2v) is 12.9. The van der Waals surface area contributed by atoms with Gasteiger partial charge in [-0.05, 0) is 12.1 Å². The molecule has 12 heteroatoms. The van der Waals surface area contributed by atoms with Crippen LogP contribution in [0.3, 0.4) is 0 Å². The zero-order valence-corrected chi connectivity index (χ0v) is 26.7. The summed E-state index contributed by atoms with van der Waals surface area (Å²) >= 11 is 0. The number of rotatable bonds is 10. The molecule has 0 bridgehead atoms. The zero-order chi connectivity index (χ0) is 33.4. The molecule has 0 heterocycles. The lowest BCUT2D eigenvalue weighted by Gasteiger charge is -2.15. The van der Waals surface area contributed by atoms with Gasteiger partial charge in [-0.1, -0.05) is 121 Å². The Hall–Kier alpha value is -4.56. The Bertz CT molecular complexity index is 1630. The van der Waals surface area contributed by atoms with E-state index in [0.717, 1.165) is 32.2 Å². The molecule has 5 rings (SSSR count). The highest BCUT2D eigenvalue weighted by molar-refractivity contribution is 7.86. The quantitative estimate of drug-likeness (QED) is 0.129. The maximum atomic E-state index is 10.7. The van der Waals surface area contributed by atoms with Crippen molar-refractivity contribution < 1.29 is 36.6 Å². The van der Waals surface area contributed by atoms with Gasteiger partial charge < -0.3 is 31.2 Å². The van der Waals surface area contributed by atoms with Gasteiger partial charge in [0.15, 0.2) is 0 Å². The van der Waals surface area contributed by atoms with Crippen molar-refractivity contribution in [3.63, 3.8) is 0 Å². The van der Waals surface area contributed by atoms with Crippen molar-refractivity contribution in [1.29, 1.82) is 0 Å². The van der Waals surface area contributed by atoms with Gasteiger partial charge in [0.1, 0.15) is 46.4 Å². The second-order valence-electron chi connectivity index (χ2n) is 10.2. The molecule has 0 aliphatic carbocycles. The summed E-state index contributed by atoms with van der Waals surface area (Å²) in [6, 6.07) is 43.4. The predicted octanol–water partition coefficient (Wildman–Crippen LogP) is 2.56. The smallest absolute Gasteiger partial charge is 0.126 e. The summed E-state index contributed by atoms with van der Waals surface area (Å²) in [7, 11) is -9.93. The summed E-state index contributed by atoms with van der Waals surface area (Å²) in [5, 5.41) is 4.65. The van der Waals surface area contributed by atoms with Gasteiger partial charge in [0.05, 0.1) is 21.2 Å². The van der Waals surface area contributed by atoms with Crippen LogP contribution < -0.4 is 22.1 Å². The Morgan fingerprint density at radius 3 is 0.891 bits per heavy atom. The third-order valence-electron chi connectivity index (χ3n) is 6.57. The molecular weight excluding hydrogens is 625 g/mol. The lowest BCUT2D eigenvalue weighted by Crippen LogP contribution is -2.80. The lowest BCUT2D eigenvalue weighted by molar-refractivity contribution is -0.686. The Kier molecular flexibility index (Phi) is 13.9. The molecule has 242 valence electrons. The molecule has 0 aliphatic rings. The molecule has 0 radical (unpaired) electrons. The number of quaternary nitrogens is 2. The Morgan fingerprint density at radius 2 is 0.674 bits per heavy atom. The number of hydrogen-bond donors (Lipinski definition) is 4. The van der Waals surface area contributed by atoms with Gasteiger partial charge in [-0.3, -0.25) is 0 Å². The van der Waals surface area contributed by atoms with Crippen LogP contribution in [-0.4, -0.2) is 25.9 Å². The van der Waals surface area contributed by atoms with Crippen LogP contribution in [0.15, 0.2) is 143 Å². The van der Waals surface area contributed by atoms with E-state index in [2.05, 4.69) is 132 Å². The fourth-order valence-electron chi connectivity index (χ4n) is 4.30. The van der Waals surface area contributed by atoms with Gasteiger partial charge in [0, 0.05) is 22.3 Å². The third-order valence-corrected chi connectivity index (χ3v) is 8.36. The largest absolute Gasteiger partial charge is 0.744 e. The van der Waals surface area contributed by atoms with Crippen LogP contribution in [0.5, 0.6) is 0 Å². The minimum atomic E-state index is -4.97. The van der Waals surface area contributed by atoms with E-state index < -0.39 is 41.4 Å². The number of nitrogen functional groups attached to an aromatic ring is 2. The standard InChI is InChI=1S/2C14H15N.C6H8N2O6S2/c2*1-3-7-13(8-4-1)11-15-12-14-9-5-2-6-10-14;7-3-1-4(8)6(16(12,13)14)2-5(3)15(9,10)11/h2*1-10,15H,11-12H2;1-2H,7-8H2,(H,9,10,11)(H,12,13,14). The van der Waals surface area contributed by atoms with E-state index in [1.54, 1.807) is 0 Å². The van der Waals surface area contributed by atoms with Crippen LogP contribution in [-0.2, 0) is 46.4 Å². The van der Waals surface area contributed by atoms with Crippen LogP contribution in [0.1, 0.15) is 22.3 Å². The molecule has 46 heavy (non-hydrogen) atoms. The van der Waals surface area contributed by atoms with Crippen molar-refractivity contribution in [2.75, 3.05) is 11.5 Å². The topological polar surface area (TPSA) is 200 Å². The Balaban J connectivity index is 0.000000188. The molecule has 5 aromatic carbocycles. The number of hydrogen-bond acceptors (Lipinski definition) is 8. The van der Waals surface area contributed by atoms with E-state index in [-0.39, 0.29) is 0 Å². The van der Waals surface area contributed by atoms with Crippen molar-refractivity contribution in [2.45, 2.75) is 36.0 Å². The lowest BCUT2D eigenvalue weighted by atomic mass is 10.2. The Labute approximate surface area is 270 Å². The highest BCUT2D eigenvalue weighted by Gasteiger charge is 2.14. The zero-order valence-electron chi connectivity index (χ0n) is 25.1. The summed E-state index contributed by atoms with van der Waals surface area (Å²) in [6.07, 6.45) is 0. The van der Waals surface area contributed by atoms with Crippen LogP contribution in [0.25, 0.3) is 0 Å². The molecule has 0 aromatic heterocycles. The molecule has 5 aromatic rings. The number of benzene rings is 5. The van der Waals surface area contributed by atoms with E-state index in [4.69, 9.17) is 11.5 Å². The van der Waals surface area contributed by atoms with E-state index in [0.29, 0.717) is 6.07 Å². The van der Waals surface area contributed by atoms with Gasteiger partial charge in [-0.25, -0.2) is 16.8 Å². The van der Waals surface area contributed by atoms with Crippen molar-refractivity contribution in [3.05, 3.63) is 156 Å². The van der Waals surface area contributed by atoms with Crippen LogP contribution in [0.4, 0.5) is 11.4 Å². The monoisotopic (exact) mass is 662 g/mol. The summed E-state index contributed by atoms with van der Waals surface area (Å²) in [5.74, 6) is 0. The highest BCUT2D eigenvalue weighted by atomic mass is 32.2. The average molecular weight is 663 g/mol. The average Bonchev–Trinajstić information content (AvgIpc) is 3.03. The van der Waals surface area contributed by atoms with Crippen LogP contribution in [0.2, 0.25) is 0 Å². The first-order valence-corrected chi connectivity index (χ1v) is 17.1. The molecule has 0 saturated heterocycles. The van der Waals surface area contributed by atoms with Crippen molar-refractivity contribution in [1.82, 2.24) is 0 Å². The summed E-state index contributed by atoms with van der Waals surface area (Å²) < 4.78 is 64.0. The van der Waals surface area contributed by atoms with Gasteiger partial charge in [-0.15, -0.1) is 0 Å². The van der Waals surface area contributed by atoms with E-state index in [1.165, 1.54) is 22.3 Å². The summed E-state index contributed by atoms with van der Waals surface area (Å²) in [5.41, 5.74) is 14.8. The normalized spacial score (nSPS) is 11.0. The molecule has 0 amide bonds. The van der Waals surface area contributed by atoms with Gasteiger partial charge in [0.25, 0.3) is 0 Å². The van der Waals surface area contributed by atoms with Gasteiger partial charge in [-0.2, -0.15) is 0 Å². The molecule has 0 aliphatic heterocycles. The fraction of sp³-hybridized carbons (Fsp3) is 0.118.